The zero-order valence-corrected chi connectivity index (χ0v) is 16.5. The quantitative estimate of drug-likeness (QED) is 0.659. The molecule has 0 saturated carbocycles. The number of hydrogen-bond acceptors (Lipinski definition) is 5. The van der Waals surface area contributed by atoms with E-state index in [1.54, 1.807) is 24.3 Å². The predicted molar refractivity (Wildman–Crippen MR) is 98.2 cm³/mol. The summed E-state index contributed by atoms with van der Waals surface area (Å²) in [5.41, 5.74) is 1.08. The maximum absolute atomic E-state index is 13.8. The summed E-state index contributed by atoms with van der Waals surface area (Å²) in [6.45, 7) is 1.51. The molecule has 0 radical (unpaired) electrons. The summed E-state index contributed by atoms with van der Waals surface area (Å²) in [6, 6.07) is 8.76. The molecule has 0 bridgehead atoms. The molecule has 140 valence electrons. The lowest BCUT2D eigenvalue weighted by atomic mass is 10.1. The highest BCUT2D eigenvalue weighted by Gasteiger charge is 2.22. The van der Waals surface area contributed by atoms with E-state index in [0.717, 1.165) is 11.6 Å². The number of benzene rings is 2. The van der Waals surface area contributed by atoms with Crippen molar-refractivity contribution in [2.75, 3.05) is 18.4 Å². The molecule has 2 rings (SSSR count). The molecule has 9 heteroatoms. The second-order valence-electron chi connectivity index (χ2n) is 5.31. The molecule has 0 heterocycles. The Bertz CT molecular complexity index is 917. The van der Waals surface area contributed by atoms with E-state index in [2.05, 4.69) is 20.7 Å². The lowest BCUT2D eigenvalue weighted by Gasteiger charge is -2.13. The Morgan fingerprint density at radius 1 is 1.27 bits per heavy atom. The van der Waals surface area contributed by atoms with E-state index in [9.17, 15) is 17.6 Å². The van der Waals surface area contributed by atoms with E-state index >= 15 is 0 Å². The monoisotopic (exact) mass is 445 g/mol. The van der Waals surface area contributed by atoms with Crippen molar-refractivity contribution in [1.29, 1.82) is 0 Å². The first-order valence-electron chi connectivity index (χ1n) is 7.51. The minimum atomic E-state index is -4.07. The average Bonchev–Trinajstić information content (AvgIpc) is 2.56. The summed E-state index contributed by atoms with van der Waals surface area (Å²) < 4.78 is 51.4. The van der Waals surface area contributed by atoms with Crippen molar-refractivity contribution in [3.8, 4) is 5.75 Å². The van der Waals surface area contributed by atoms with Crippen molar-refractivity contribution in [1.82, 2.24) is 0 Å². The summed E-state index contributed by atoms with van der Waals surface area (Å²) in [4.78, 5) is 10.5. The number of anilines is 1. The fourth-order valence-electron chi connectivity index (χ4n) is 2.19. The SMILES string of the molecule is COc1cc(Br)c(F)cc1S(=O)(=O)Nc1cccc(CCOC(C)=O)c1. The van der Waals surface area contributed by atoms with Gasteiger partial charge in [-0.1, -0.05) is 12.1 Å². The number of carbonyl (C=O) groups excluding carboxylic acids is 1. The fourth-order valence-corrected chi connectivity index (χ4v) is 3.73. The molecular weight excluding hydrogens is 429 g/mol. The van der Waals surface area contributed by atoms with Crippen LogP contribution in [0.15, 0.2) is 45.8 Å². The third-order valence-corrected chi connectivity index (χ3v) is 5.38. The standard InChI is InChI=1S/C17H17BrFNO5S/c1-11(21)25-7-6-12-4-3-5-13(8-12)20-26(22,23)17-10-15(19)14(18)9-16(17)24-2/h3-5,8-10,20H,6-7H2,1-2H3. The van der Waals surface area contributed by atoms with Gasteiger partial charge in [-0.2, -0.15) is 0 Å². The highest BCUT2D eigenvalue weighted by atomic mass is 79.9. The Morgan fingerprint density at radius 3 is 2.65 bits per heavy atom. The highest BCUT2D eigenvalue weighted by Crippen LogP contribution is 2.31. The second-order valence-corrected chi connectivity index (χ2v) is 7.82. The molecule has 0 aromatic heterocycles. The Labute approximate surface area is 159 Å². The lowest BCUT2D eigenvalue weighted by Crippen LogP contribution is -2.15. The molecular formula is C17H17BrFNO5S. The van der Waals surface area contributed by atoms with Crippen molar-refractivity contribution in [2.45, 2.75) is 18.2 Å². The smallest absolute Gasteiger partial charge is 0.302 e. The van der Waals surface area contributed by atoms with Crippen molar-refractivity contribution in [3.05, 3.63) is 52.3 Å². The van der Waals surface area contributed by atoms with Crippen LogP contribution in [0.2, 0.25) is 0 Å². The van der Waals surface area contributed by atoms with Crippen LogP contribution in [0.25, 0.3) is 0 Å². The number of nitrogens with one attached hydrogen (secondary N) is 1. The van der Waals surface area contributed by atoms with Crippen LogP contribution in [-0.4, -0.2) is 28.1 Å². The van der Waals surface area contributed by atoms with Crippen LogP contribution in [0, 0.1) is 5.82 Å². The number of halogens is 2. The van der Waals surface area contributed by atoms with Gasteiger partial charge in [0.25, 0.3) is 10.0 Å². The number of rotatable bonds is 7. The van der Waals surface area contributed by atoms with E-state index in [1.807, 2.05) is 0 Å². The molecule has 0 aliphatic carbocycles. The number of methoxy groups -OCH3 is 1. The summed E-state index contributed by atoms with van der Waals surface area (Å²) >= 11 is 2.99. The molecule has 0 unspecified atom stereocenters. The van der Waals surface area contributed by atoms with E-state index < -0.39 is 15.8 Å². The zero-order valence-electron chi connectivity index (χ0n) is 14.1. The van der Waals surface area contributed by atoms with Crippen molar-refractivity contribution >= 4 is 37.6 Å². The third kappa shape index (κ3) is 5.18. The van der Waals surface area contributed by atoms with Crippen molar-refractivity contribution in [2.24, 2.45) is 0 Å². The molecule has 1 N–H and O–H groups in total. The second kappa shape index (κ2) is 8.50. The molecule has 0 fully saturated rings. The first-order chi connectivity index (χ1) is 12.2. The molecule has 6 nitrogen and oxygen atoms in total. The fraction of sp³-hybridized carbons (Fsp3) is 0.235. The molecule has 26 heavy (non-hydrogen) atoms. The number of hydrogen-bond donors (Lipinski definition) is 1. The molecule has 0 aliphatic rings. The summed E-state index contributed by atoms with van der Waals surface area (Å²) in [5.74, 6) is -1.09. The number of sulfonamides is 1. The van der Waals surface area contributed by atoms with Gasteiger partial charge in [0.2, 0.25) is 0 Å². The number of esters is 1. The van der Waals surface area contributed by atoms with Gasteiger partial charge in [0.1, 0.15) is 16.5 Å². The van der Waals surface area contributed by atoms with Gasteiger partial charge in [0.05, 0.1) is 18.2 Å². The van der Waals surface area contributed by atoms with Crippen LogP contribution in [0.1, 0.15) is 12.5 Å². The molecule has 0 spiro atoms. The maximum atomic E-state index is 13.8. The van der Waals surface area contributed by atoms with E-state index in [-0.39, 0.29) is 27.7 Å². The summed E-state index contributed by atoms with van der Waals surface area (Å²) in [5, 5.41) is 0. The predicted octanol–water partition coefficient (Wildman–Crippen LogP) is 3.50. The van der Waals surface area contributed by atoms with Crippen LogP contribution in [0.4, 0.5) is 10.1 Å². The Hall–Kier alpha value is -2.13. The summed E-state index contributed by atoms with van der Waals surface area (Å²) in [6.07, 6.45) is 0.436. The number of ether oxygens (including phenoxy) is 2. The minimum Gasteiger partial charge on any atom is -0.495 e. The van der Waals surface area contributed by atoms with E-state index in [4.69, 9.17) is 9.47 Å². The Balaban J connectivity index is 2.25. The van der Waals surface area contributed by atoms with Crippen LogP contribution >= 0.6 is 15.9 Å². The third-order valence-electron chi connectivity index (χ3n) is 3.37. The van der Waals surface area contributed by atoms with Gasteiger partial charge in [0, 0.05) is 19.0 Å². The molecule has 0 atom stereocenters. The van der Waals surface area contributed by atoms with Crippen LogP contribution in [-0.2, 0) is 26.0 Å². The van der Waals surface area contributed by atoms with Gasteiger partial charge in [-0.3, -0.25) is 9.52 Å². The average molecular weight is 446 g/mol. The van der Waals surface area contributed by atoms with Gasteiger partial charge >= 0.3 is 5.97 Å². The molecule has 0 saturated heterocycles. The minimum absolute atomic E-state index is 0.0109. The zero-order chi connectivity index (χ0) is 19.3. The van der Waals surface area contributed by atoms with Crippen molar-refractivity contribution < 1.29 is 27.1 Å². The van der Waals surface area contributed by atoms with Gasteiger partial charge in [-0.15, -0.1) is 0 Å². The van der Waals surface area contributed by atoms with Gasteiger partial charge in [-0.25, -0.2) is 12.8 Å². The topological polar surface area (TPSA) is 81.7 Å². The Kier molecular flexibility index (Phi) is 6.60. The van der Waals surface area contributed by atoms with E-state index in [1.165, 1.54) is 20.1 Å². The molecule has 0 amide bonds. The maximum Gasteiger partial charge on any atom is 0.302 e. The van der Waals surface area contributed by atoms with Crippen LogP contribution < -0.4 is 9.46 Å². The molecule has 0 aliphatic heterocycles. The highest BCUT2D eigenvalue weighted by molar-refractivity contribution is 9.10. The van der Waals surface area contributed by atoms with Crippen LogP contribution in [0.3, 0.4) is 0 Å². The summed E-state index contributed by atoms with van der Waals surface area (Å²) in [7, 11) is -2.77. The molecule has 2 aromatic rings. The van der Waals surface area contributed by atoms with E-state index in [0.29, 0.717) is 12.1 Å². The van der Waals surface area contributed by atoms with Crippen LogP contribution in [0.5, 0.6) is 5.75 Å². The van der Waals surface area contributed by atoms with Gasteiger partial charge in [0.15, 0.2) is 0 Å². The Morgan fingerprint density at radius 2 is 2.00 bits per heavy atom. The number of carbonyl (C=O) groups is 1. The van der Waals surface area contributed by atoms with Gasteiger partial charge < -0.3 is 9.47 Å². The first kappa shape index (κ1) is 20.2. The van der Waals surface area contributed by atoms with Gasteiger partial charge in [-0.05, 0) is 45.8 Å². The lowest BCUT2D eigenvalue weighted by molar-refractivity contribution is -0.140. The largest absolute Gasteiger partial charge is 0.495 e. The first-order valence-corrected chi connectivity index (χ1v) is 9.78. The van der Waals surface area contributed by atoms with Crippen molar-refractivity contribution in [3.63, 3.8) is 0 Å². The normalized spacial score (nSPS) is 11.1. The molecule has 2 aromatic carbocycles.